The van der Waals surface area contributed by atoms with Gasteiger partial charge in [0.25, 0.3) is 0 Å². The highest BCUT2D eigenvalue weighted by Crippen LogP contribution is 2.26. The molecule has 0 radical (unpaired) electrons. The van der Waals surface area contributed by atoms with Crippen LogP contribution < -0.4 is 5.73 Å². The Kier molecular flexibility index (Phi) is 7.30. The Morgan fingerprint density at radius 3 is 2.60 bits per heavy atom. The Morgan fingerprint density at radius 1 is 1.40 bits per heavy atom. The van der Waals surface area contributed by atoms with Gasteiger partial charge in [-0.2, -0.15) is 0 Å². The fourth-order valence-electron chi connectivity index (χ4n) is 1.40. The molecule has 3 N–H and O–H groups in total. The van der Waals surface area contributed by atoms with E-state index in [1.807, 2.05) is 12.1 Å². The number of phenols is 1. The molecule has 0 aromatic heterocycles. The van der Waals surface area contributed by atoms with Gasteiger partial charge >= 0.3 is 0 Å². The van der Waals surface area contributed by atoms with E-state index < -0.39 is 0 Å². The van der Waals surface area contributed by atoms with Crippen molar-refractivity contribution in [1.29, 1.82) is 0 Å². The number of hydrogen-bond acceptors (Lipinski definition) is 2. The van der Waals surface area contributed by atoms with Crippen molar-refractivity contribution in [3.05, 3.63) is 26.8 Å². The molecule has 1 aromatic rings. The van der Waals surface area contributed by atoms with Crippen LogP contribution in [0.3, 0.4) is 0 Å². The molecular weight excluding hydrogens is 324 g/mol. The molecule has 86 valence electrons. The molecule has 0 bridgehead atoms. The van der Waals surface area contributed by atoms with Crippen LogP contribution in [-0.2, 0) is 13.0 Å². The number of rotatable bonds is 4. The van der Waals surface area contributed by atoms with Gasteiger partial charge in [-0.25, -0.2) is 0 Å². The van der Waals surface area contributed by atoms with E-state index in [0.29, 0.717) is 12.3 Å². The van der Waals surface area contributed by atoms with Crippen LogP contribution in [0.5, 0.6) is 5.75 Å². The average molecular weight is 342 g/mol. The summed E-state index contributed by atoms with van der Waals surface area (Å²) in [5.41, 5.74) is 7.68. The van der Waals surface area contributed by atoms with Gasteiger partial charge in [-0.15, -0.1) is 12.4 Å². The summed E-state index contributed by atoms with van der Waals surface area (Å²) < 4.78 is 0.900. The van der Waals surface area contributed by atoms with E-state index in [1.165, 1.54) is 18.4 Å². The zero-order valence-electron chi connectivity index (χ0n) is 8.79. The Morgan fingerprint density at radius 2 is 2.07 bits per heavy atom. The normalized spacial score (nSPS) is 9.80. The maximum absolute atomic E-state index is 9.66. The molecule has 1 rings (SSSR count). The molecule has 0 unspecified atom stereocenters. The molecule has 0 saturated heterocycles. The van der Waals surface area contributed by atoms with Crippen LogP contribution in [0, 0.1) is 3.57 Å². The maximum Gasteiger partial charge on any atom is 0.133 e. The SMILES string of the molecule is CCCCc1cc(I)c(O)c(CN)c1.Cl. The van der Waals surface area contributed by atoms with Crippen LogP contribution >= 0.6 is 35.0 Å². The molecule has 1 aromatic carbocycles. The van der Waals surface area contributed by atoms with Gasteiger partial charge in [0.2, 0.25) is 0 Å². The van der Waals surface area contributed by atoms with Gasteiger partial charge < -0.3 is 10.8 Å². The van der Waals surface area contributed by atoms with Crippen molar-refractivity contribution < 1.29 is 5.11 Å². The third-order valence-corrected chi connectivity index (χ3v) is 3.06. The molecule has 0 aliphatic carbocycles. The first kappa shape index (κ1) is 15.0. The zero-order chi connectivity index (χ0) is 10.6. The Bertz CT molecular complexity index is 318. The van der Waals surface area contributed by atoms with Crippen molar-refractivity contribution in [2.75, 3.05) is 0 Å². The molecule has 4 heteroatoms. The fourth-order valence-corrected chi connectivity index (χ4v) is 2.15. The summed E-state index contributed by atoms with van der Waals surface area (Å²) >= 11 is 2.15. The van der Waals surface area contributed by atoms with E-state index in [1.54, 1.807) is 0 Å². The highest BCUT2D eigenvalue weighted by atomic mass is 127. The lowest BCUT2D eigenvalue weighted by molar-refractivity contribution is 0.464. The Balaban J connectivity index is 0.00000196. The number of halogens is 2. The number of aryl methyl sites for hydroxylation is 1. The maximum atomic E-state index is 9.66. The lowest BCUT2D eigenvalue weighted by Crippen LogP contribution is -1.99. The standard InChI is InChI=1S/C11H16INO.ClH/c1-2-3-4-8-5-9(7-13)11(14)10(12)6-8;/h5-6,14H,2-4,7,13H2,1H3;1H. The largest absolute Gasteiger partial charge is 0.507 e. The molecule has 2 nitrogen and oxygen atoms in total. The van der Waals surface area contributed by atoms with E-state index in [-0.39, 0.29) is 12.4 Å². The monoisotopic (exact) mass is 341 g/mol. The lowest BCUT2D eigenvalue weighted by Gasteiger charge is -2.08. The lowest BCUT2D eigenvalue weighted by atomic mass is 10.0. The van der Waals surface area contributed by atoms with Crippen molar-refractivity contribution in [3.8, 4) is 5.75 Å². The second-order valence-corrected chi connectivity index (χ2v) is 4.56. The minimum absolute atomic E-state index is 0. The van der Waals surface area contributed by atoms with Crippen LogP contribution in [-0.4, -0.2) is 5.11 Å². The van der Waals surface area contributed by atoms with Crippen LogP contribution in [0.2, 0.25) is 0 Å². The first-order chi connectivity index (χ1) is 6.69. The number of aromatic hydroxyl groups is 1. The van der Waals surface area contributed by atoms with Crippen LogP contribution in [0.1, 0.15) is 30.9 Å². The van der Waals surface area contributed by atoms with Gasteiger partial charge in [0.1, 0.15) is 5.75 Å². The molecule has 0 heterocycles. The number of hydrogen-bond donors (Lipinski definition) is 2. The van der Waals surface area contributed by atoms with E-state index in [2.05, 4.69) is 29.5 Å². The minimum Gasteiger partial charge on any atom is -0.507 e. The van der Waals surface area contributed by atoms with E-state index >= 15 is 0 Å². The van der Waals surface area contributed by atoms with Gasteiger partial charge in [0, 0.05) is 12.1 Å². The summed E-state index contributed by atoms with van der Waals surface area (Å²) in [5.74, 6) is 0.341. The molecule has 0 atom stereocenters. The first-order valence-corrected chi connectivity index (χ1v) is 5.97. The summed E-state index contributed by atoms with van der Waals surface area (Å²) in [6.07, 6.45) is 3.44. The average Bonchev–Trinajstić information content (AvgIpc) is 2.19. The number of phenolic OH excluding ortho intramolecular Hbond substituents is 1. The third kappa shape index (κ3) is 4.17. The number of unbranched alkanes of at least 4 members (excludes halogenated alkanes) is 1. The molecule has 0 aliphatic rings. The minimum atomic E-state index is 0. The van der Waals surface area contributed by atoms with E-state index in [0.717, 1.165) is 15.6 Å². The third-order valence-electron chi connectivity index (χ3n) is 2.24. The Labute approximate surface area is 111 Å². The summed E-state index contributed by atoms with van der Waals surface area (Å²) in [7, 11) is 0. The van der Waals surface area contributed by atoms with Crippen molar-refractivity contribution >= 4 is 35.0 Å². The quantitative estimate of drug-likeness (QED) is 0.826. The van der Waals surface area contributed by atoms with Gasteiger partial charge in [-0.05, 0) is 47.1 Å². The summed E-state index contributed by atoms with van der Waals surface area (Å²) in [6.45, 7) is 2.58. The smallest absolute Gasteiger partial charge is 0.133 e. The van der Waals surface area contributed by atoms with Gasteiger partial charge in [0.05, 0.1) is 3.57 Å². The topological polar surface area (TPSA) is 46.2 Å². The van der Waals surface area contributed by atoms with Crippen molar-refractivity contribution in [2.45, 2.75) is 32.7 Å². The summed E-state index contributed by atoms with van der Waals surface area (Å²) in [6, 6.07) is 4.04. The fraction of sp³-hybridized carbons (Fsp3) is 0.455. The number of benzene rings is 1. The van der Waals surface area contributed by atoms with Crippen molar-refractivity contribution in [3.63, 3.8) is 0 Å². The van der Waals surface area contributed by atoms with Crippen molar-refractivity contribution in [1.82, 2.24) is 0 Å². The second kappa shape index (κ2) is 7.30. The molecule has 0 fully saturated rings. The van der Waals surface area contributed by atoms with Crippen LogP contribution in [0.25, 0.3) is 0 Å². The highest BCUT2D eigenvalue weighted by molar-refractivity contribution is 14.1. The van der Waals surface area contributed by atoms with E-state index in [4.69, 9.17) is 5.73 Å². The van der Waals surface area contributed by atoms with Gasteiger partial charge in [-0.1, -0.05) is 19.4 Å². The zero-order valence-corrected chi connectivity index (χ0v) is 11.8. The molecule has 15 heavy (non-hydrogen) atoms. The predicted molar refractivity (Wildman–Crippen MR) is 74.6 cm³/mol. The summed E-state index contributed by atoms with van der Waals surface area (Å²) in [5, 5.41) is 9.66. The molecule has 0 aliphatic heterocycles. The van der Waals surface area contributed by atoms with Crippen molar-refractivity contribution in [2.24, 2.45) is 5.73 Å². The van der Waals surface area contributed by atoms with Gasteiger partial charge in [-0.3, -0.25) is 0 Å². The molecular formula is C11H17ClINO. The molecule has 0 spiro atoms. The number of nitrogens with two attached hydrogens (primary N) is 1. The summed E-state index contributed by atoms with van der Waals surface area (Å²) in [4.78, 5) is 0. The van der Waals surface area contributed by atoms with Gasteiger partial charge in [0.15, 0.2) is 0 Å². The van der Waals surface area contributed by atoms with Crippen LogP contribution in [0.4, 0.5) is 0 Å². The molecule has 0 amide bonds. The second-order valence-electron chi connectivity index (χ2n) is 3.39. The van der Waals surface area contributed by atoms with E-state index in [9.17, 15) is 5.11 Å². The van der Waals surface area contributed by atoms with Crippen LogP contribution in [0.15, 0.2) is 12.1 Å². The molecule has 0 saturated carbocycles. The predicted octanol–water partition coefficient (Wildman–Crippen LogP) is 3.22. The first-order valence-electron chi connectivity index (χ1n) is 4.89. The Hall–Kier alpha value is -0.0000000000000000555. The highest BCUT2D eigenvalue weighted by Gasteiger charge is 2.06.